The van der Waals surface area contributed by atoms with Crippen LogP contribution in [0.4, 0.5) is 0 Å². The van der Waals surface area contributed by atoms with E-state index in [1.807, 2.05) is 0 Å². The molecule has 11 heavy (non-hydrogen) atoms. The number of esters is 1. The molecule has 0 fully saturated rings. The predicted molar refractivity (Wildman–Crippen MR) is 46.6 cm³/mol. The molecule has 5 heteroatoms. The first kappa shape index (κ1) is 11.3. The van der Waals surface area contributed by atoms with Gasteiger partial charge in [-0.2, -0.15) is 0 Å². The van der Waals surface area contributed by atoms with Crippen LogP contribution in [-0.2, 0) is 9.53 Å². The topological polar surface area (TPSA) is 26.3 Å². The largest absolute Gasteiger partial charge is 0.460 e. The number of hydrogen-bond donors (Lipinski definition) is 0. The summed E-state index contributed by atoms with van der Waals surface area (Å²) in [6.07, 6.45) is -0.492. The summed E-state index contributed by atoms with van der Waals surface area (Å²) in [6, 6.07) is 0. The van der Waals surface area contributed by atoms with Crippen LogP contribution >= 0.6 is 34.8 Å². The monoisotopic (exact) mass is 218 g/mol. The van der Waals surface area contributed by atoms with Gasteiger partial charge in [-0.05, 0) is 0 Å². The summed E-state index contributed by atoms with van der Waals surface area (Å²) in [5.41, 5.74) is 0. The molecule has 0 saturated carbocycles. The minimum atomic E-state index is -0.492. The van der Waals surface area contributed by atoms with Crippen LogP contribution in [0.3, 0.4) is 0 Å². The molecule has 0 aromatic heterocycles. The van der Waals surface area contributed by atoms with E-state index in [0.717, 1.165) is 0 Å². The molecule has 0 aliphatic heterocycles. The molecule has 2 atom stereocenters. The molecule has 0 spiro atoms. The van der Waals surface area contributed by atoms with E-state index < -0.39 is 17.5 Å². The van der Waals surface area contributed by atoms with E-state index in [1.165, 1.54) is 6.92 Å². The number of rotatable bonds is 4. The highest BCUT2D eigenvalue weighted by Gasteiger charge is 2.19. The molecule has 0 aromatic rings. The van der Waals surface area contributed by atoms with Crippen molar-refractivity contribution in [2.75, 3.05) is 11.8 Å². The van der Waals surface area contributed by atoms with E-state index in [0.29, 0.717) is 0 Å². The Morgan fingerprint density at radius 1 is 1.45 bits per heavy atom. The van der Waals surface area contributed by atoms with Crippen LogP contribution in [0.2, 0.25) is 0 Å². The van der Waals surface area contributed by atoms with Gasteiger partial charge in [0.25, 0.3) is 0 Å². The van der Waals surface area contributed by atoms with Crippen molar-refractivity contribution in [3.63, 3.8) is 0 Å². The molecule has 0 heterocycles. The quantitative estimate of drug-likeness (QED) is 0.534. The van der Waals surface area contributed by atoms with Crippen molar-refractivity contribution in [3.8, 4) is 0 Å². The molecule has 0 radical (unpaired) electrons. The maximum absolute atomic E-state index is 10.5. The molecular formula is C6H9Cl3O2. The van der Waals surface area contributed by atoms with E-state index >= 15 is 0 Å². The van der Waals surface area contributed by atoms with Crippen molar-refractivity contribution in [3.05, 3.63) is 0 Å². The van der Waals surface area contributed by atoms with Gasteiger partial charge in [-0.25, -0.2) is 0 Å². The summed E-state index contributed by atoms with van der Waals surface area (Å²) in [4.78, 5) is 10.5. The predicted octanol–water partition coefficient (Wildman–Crippen LogP) is 2.00. The molecule has 0 aliphatic rings. The van der Waals surface area contributed by atoms with Gasteiger partial charge < -0.3 is 4.74 Å². The van der Waals surface area contributed by atoms with Crippen molar-refractivity contribution in [2.45, 2.75) is 18.4 Å². The van der Waals surface area contributed by atoms with Crippen LogP contribution in [0.15, 0.2) is 0 Å². The Morgan fingerprint density at radius 3 is 2.27 bits per heavy atom. The SMILES string of the molecule is CC(=O)OC(CCl)C(Cl)CCl. The summed E-state index contributed by atoms with van der Waals surface area (Å²) in [6.45, 7) is 1.30. The Kier molecular flexibility index (Phi) is 6.11. The summed E-state index contributed by atoms with van der Waals surface area (Å²) in [5, 5.41) is -0.418. The molecule has 0 aliphatic carbocycles. The fourth-order valence-electron chi connectivity index (χ4n) is 0.515. The third-order valence-corrected chi connectivity index (χ3v) is 2.25. The standard InChI is InChI=1S/C6H9Cl3O2/c1-4(10)11-6(3-8)5(9)2-7/h5-6H,2-3H2,1H3. The number of ether oxygens (including phenoxy) is 1. The first-order valence-electron chi connectivity index (χ1n) is 3.05. The van der Waals surface area contributed by atoms with Gasteiger partial charge in [0.1, 0.15) is 6.10 Å². The highest BCUT2D eigenvalue weighted by molar-refractivity contribution is 6.29. The second-order valence-electron chi connectivity index (χ2n) is 1.97. The summed E-state index contributed by atoms with van der Waals surface area (Å²) >= 11 is 16.6. The first-order valence-corrected chi connectivity index (χ1v) is 4.55. The summed E-state index contributed by atoms with van der Waals surface area (Å²) in [5.74, 6) is -0.0152. The molecule has 0 saturated heterocycles. The summed E-state index contributed by atoms with van der Waals surface area (Å²) < 4.78 is 4.76. The van der Waals surface area contributed by atoms with E-state index in [1.54, 1.807) is 0 Å². The highest BCUT2D eigenvalue weighted by Crippen LogP contribution is 2.10. The van der Waals surface area contributed by atoms with Crippen molar-refractivity contribution in [2.24, 2.45) is 0 Å². The van der Waals surface area contributed by atoms with Gasteiger partial charge in [-0.15, -0.1) is 34.8 Å². The van der Waals surface area contributed by atoms with Gasteiger partial charge in [-0.1, -0.05) is 0 Å². The van der Waals surface area contributed by atoms with Crippen LogP contribution in [-0.4, -0.2) is 29.2 Å². The highest BCUT2D eigenvalue weighted by atomic mass is 35.5. The molecule has 0 N–H and O–H groups in total. The van der Waals surface area contributed by atoms with Crippen LogP contribution in [0, 0.1) is 0 Å². The van der Waals surface area contributed by atoms with E-state index in [9.17, 15) is 4.79 Å². The van der Waals surface area contributed by atoms with Crippen LogP contribution in [0.1, 0.15) is 6.92 Å². The molecule has 2 nitrogen and oxygen atoms in total. The Hall–Kier alpha value is 0.340. The molecule has 0 bridgehead atoms. The van der Waals surface area contributed by atoms with Crippen molar-refractivity contribution >= 4 is 40.8 Å². The van der Waals surface area contributed by atoms with E-state index in [-0.39, 0.29) is 11.8 Å². The van der Waals surface area contributed by atoms with Gasteiger partial charge in [0.05, 0.1) is 11.3 Å². The maximum Gasteiger partial charge on any atom is 0.302 e. The number of alkyl halides is 3. The van der Waals surface area contributed by atoms with Crippen molar-refractivity contribution in [1.82, 2.24) is 0 Å². The van der Waals surface area contributed by atoms with Crippen molar-refractivity contribution < 1.29 is 9.53 Å². The molecule has 0 amide bonds. The van der Waals surface area contributed by atoms with Crippen LogP contribution in [0.25, 0.3) is 0 Å². The van der Waals surface area contributed by atoms with Gasteiger partial charge in [-0.3, -0.25) is 4.79 Å². The van der Waals surface area contributed by atoms with Gasteiger partial charge in [0.2, 0.25) is 0 Å². The fourth-order valence-corrected chi connectivity index (χ4v) is 1.22. The Labute approximate surface area is 80.7 Å². The second-order valence-corrected chi connectivity index (χ2v) is 3.15. The Bertz CT molecular complexity index is 129. The van der Waals surface area contributed by atoms with Crippen LogP contribution < -0.4 is 0 Å². The lowest BCUT2D eigenvalue weighted by Gasteiger charge is -2.17. The fraction of sp³-hybridized carbons (Fsp3) is 0.833. The van der Waals surface area contributed by atoms with Gasteiger partial charge in [0, 0.05) is 12.8 Å². The molecular weight excluding hydrogens is 210 g/mol. The third-order valence-electron chi connectivity index (χ3n) is 1.02. The van der Waals surface area contributed by atoms with E-state index in [4.69, 9.17) is 39.5 Å². The smallest absolute Gasteiger partial charge is 0.302 e. The van der Waals surface area contributed by atoms with Crippen LogP contribution in [0.5, 0.6) is 0 Å². The average Bonchev–Trinajstić information content (AvgIpc) is 1.98. The number of halogens is 3. The normalized spacial score (nSPS) is 15.6. The molecule has 0 aromatic carbocycles. The number of carbonyl (C=O) groups is 1. The minimum absolute atomic E-state index is 0.167. The average molecular weight is 219 g/mol. The zero-order chi connectivity index (χ0) is 8.85. The lowest BCUT2D eigenvalue weighted by atomic mass is 10.3. The third kappa shape index (κ3) is 4.72. The van der Waals surface area contributed by atoms with Gasteiger partial charge >= 0.3 is 5.97 Å². The zero-order valence-electron chi connectivity index (χ0n) is 6.02. The lowest BCUT2D eigenvalue weighted by Crippen LogP contribution is -2.29. The number of carbonyl (C=O) groups excluding carboxylic acids is 1. The van der Waals surface area contributed by atoms with Gasteiger partial charge in [0.15, 0.2) is 0 Å². The Balaban J connectivity index is 3.84. The lowest BCUT2D eigenvalue weighted by molar-refractivity contribution is -0.145. The summed E-state index contributed by atoms with van der Waals surface area (Å²) in [7, 11) is 0. The maximum atomic E-state index is 10.5. The molecule has 2 unspecified atom stereocenters. The second kappa shape index (κ2) is 5.92. The zero-order valence-corrected chi connectivity index (χ0v) is 8.29. The van der Waals surface area contributed by atoms with Crippen molar-refractivity contribution in [1.29, 1.82) is 0 Å². The molecule has 0 rings (SSSR count). The number of hydrogen-bond acceptors (Lipinski definition) is 2. The van der Waals surface area contributed by atoms with E-state index in [2.05, 4.69) is 0 Å². The first-order chi connectivity index (χ1) is 5.11. The minimum Gasteiger partial charge on any atom is -0.460 e. The Morgan fingerprint density at radius 2 is 2.00 bits per heavy atom. The molecule has 66 valence electrons.